The predicted octanol–water partition coefficient (Wildman–Crippen LogP) is 4.64. The van der Waals surface area contributed by atoms with E-state index < -0.39 is 0 Å². The van der Waals surface area contributed by atoms with Crippen molar-refractivity contribution in [1.82, 2.24) is 14.5 Å². The maximum absolute atomic E-state index is 5.55. The predicted molar refractivity (Wildman–Crippen MR) is 103 cm³/mol. The summed E-state index contributed by atoms with van der Waals surface area (Å²) in [5.41, 5.74) is 2.25. The number of fused-ring (bicyclic) bond motifs is 1. The Morgan fingerprint density at radius 3 is 2.42 bits per heavy atom. The summed E-state index contributed by atoms with van der Waals surface area (Å²) < 4.78 is 2.93. The van der Waals surface area contributed by atoms with Gasteiger partial charge in [-0.3, -0.25) is 4.57 Å². The van der Waals surface area contributed by atoms with Crippen LogP contribution in [0.5, 0.6) is 0 Å². The van der Waals surface area contributed by atoms with Crippen molar-refractivity contribution in [2.75, 3.05) is 14.1 Å². The highest BCUT2D eigenvalue weighted by molar-refractivity contribution is 7.71. The van der Waals surface area contributed by atoms with E-state index in [0.717, 1.165) is 35.3 Å². The molecule has 3 nitrogen and oxygen atoms in total. The van der Waals surface area contributed by atoms with E-state index in [2.05, 4.69) is 73.0 Å². The first kappa shape index (κ1) is 16.8. The first-order valence-electron chi connectivity index (χ1n) is 8.30. The van der Waals surface area contributed by atoms with Crippen molar-refractivity contribution in [2.45, 2.75) is 25.8 Å². The van der Waals surface area contributed by atoms with Crippen LogP contribution in [-0.4, -0.2) is 34.6 Å². The minimum absolute atomic E-state index is 0.496. The van der Waals surface area contributed by atoms with Crippen LogP contribution in [-0.2, 0) is 6.42 Å². The fraction of sp³-hybridized carbons (Fsp3) is 0.300. The van der Waals surface area contributed by atoms with Gasteiger partial charge in [0.15, 0.2) is 0 Å². The van der Waals surface area contributed by atoms with Gasteiger partial charge in [0.05, 0.1) is 5.52 Å². The van der Waals surface area contributed by atoms with E-state index in [1.807, 2.05) is 12.1 Å². The third-order valence-corrected chi connectivity index (χ3v) is 4.86. The summed E-state index contributed by atoms with van der Waals surface area (Å²) in [5.74, 6) is 1.03. The summed E-state index contributed by atoms with van der Waals surface area (Å²) in [6.45, 7) is 2.24. The molecule has 0 spiro atoms. The van der Waals surface area contributed by atoms with Crippen LogP contribution in [0, 0.1) is 4.64 Å². The van der Waals surface area contributed by atoms with Gasteiger partial charge >= 0.3 is 0 Å². The number of rotatable bonds is 5. The summed E-state index contributed by atoms with van der Waals surface area (Å²) in [7, 11) is 4.23. The lowest BCUT2D eigenvalue weighted by Crippen LogP contribution is -2.25. The molecule has 3 aromatic rings. The molecule has 0 aliphatic rings. The largest absolute Gasteiger partial charge is 0.307 e. The topological polar surface area (TPSA) is 21.1 Å². The average Bonchev–Trinajstić information content (AvgIpc) is 2.60. The molecule has 124 valence electrons. The molecule has 1 atom stereocenters. The van der Waals surface area contributed by atoms with Crippen LogP contribution in [0.2, 0.25) is 0 Å². The third-order valence-electron chi connectivity index (χ3n) is 4.55. The molecule has 0 aliphatic heterocycles. The van der Waals surface area contributed by atoms with Gasteiger partial charge in [-0.25, -0.2) is 4.98 Å². The van der Waals surface area contributed by atoms with Crippen molar-refractivity contribution in [1.29, 1.82) is 0 Å². The van der Waals surface area contributed by atoms with E-state index in [1.165, 1.54) is 0 Å². The lowest BCUT2D eigenvalue weighted by atomic mass is 10.1. The van der Waals surface area contributed by atoms with Crippen molar-refractivity contribution in [3.8, 4) is 5.69 Å². The number of aromatic nitrogens is 2. The number of benzene rings is 2. The Labute approximate surface area is 148 Å². The van der Waals surface area contributed by atoms with Crippen molar-refractivity contribution in [2.24, 2.45) is 0 Å². The Morgan fingerprint density at radius 1 is 1.04 bits per heavy atom. The van der Waals surface area contributed by atoms with Crippen molar-refractivity contribution < 1.29 is 0 Å². The molecule has 0 amide bonds. The van der Waals surface area contributed by atoms with Crippen molar-refractivity contribution >= 4 is 23.1 Å². The first-order valence-corrected chi connectivity index (χ1v) is 8.71. The summed E-state index contributed by atoms with van der Waals surface area (Å²) in [4.78, 5) is 7.01. The molecular formula is C20H23N3S. The molecule has 24 heavy (non-hydrogen) atoms. The SMILES string of the molecule is CC(CCc1nc(=S)c2ccccc2n1-c1ccccc1)N(C)C. The Balaban J connectivity index is 2.15. The van der Waals surface area contributed by atoms with Gasteiger partial charge in [0.25, 0.3) is 0 Å². The lowest BCUT2D eigenvalue weighted by Gasteiger charge is -2.21. The summed E-state index contributed by atoms with van der Waals surface area (Å²) in [6.07, 6.45) is 1.93. The Kier molecular flexibility index (Phi) is 5.07. The highest BCUT2D eigenvalue weighted by Gasteiger charge is 2.12. The van der Waals surface area contributed by atoms with E-state index in [0.29, 0.717) is 10.7 Å². The van der Waals surface area contributed by atoms with E-state index in [1.54, 1.807) is 0 Å². The maximum Gasteiger partial charge on any atom is 0.137 e. The molecular weight excluding hydrogens is 314 g/mol. The molecule has 0 saturated carbocycles. The Hall–Kier alpha value is -2.04. The lowest BCUT2D eigenvalue weighted by molar-refractivity contribution is 0.297. The van der Waals surface area contributed by atoms with Crippen molar-refractivity contribution in [3.05, 3.63) is 65.1 Å². The van der Waals surface area contributed by atoms with Crippen LogP contribution in [0.4, 0.5) is 0 Å². The second-order valence-corrected chi connectivity index (χ2v) is 6.76. The van der Waals surface area contributed by atoms with Crippen LogP contribution >= 0.6 is 12.2 Å². The molecule has 0 N–H and O–H groups in total. The molecule has 0 radical (unpaired) electrons. The number of hydrogen-bond acceptors (Lipinski definition) is 3. The van der Waals surface area contributed by atoms with E-state index in [9.17, 15) is 0 Å². The van der Waals surface area contributed by atoms with E-state index >= 15 is 0 Å². The van der Waals surface area contributed by atoms with Gasteiger partial charge in [0.1, 0.15) is 10.5 Å². The van der Waals surface area contributed by atoms with Crippen LogP contribution in [0.1, 0.15) is 19.2 Å². The molecule has 1 unspecified atom stereocenters. The van der Waals surface area contributed by atoms with E-state index in [4.69, 9.17) is 17.2 Å². The molecule has 0 saturated heterocycles. The Morgan fingerprint density at radius 2 is 1.71 bits per heavy atom. The minimum atomic E-state index is 0.496. The van der Waals surface area contributed by atoms with Crippen LogP contribution in [0.25, 0.3) is 16.6 Å². The number of para-hydroxylation sites is 2. The summed E-state index contributed by atoms with van der Waals surface area (Å²) in [5, 5.41) is 1.03. The van der Waals surface area contributed by atoms with Gasteiger partial charge in [-0.2, -0.15) is 0 Å². The van der Waals surface area contributed by atoms with E-state index in [-0.39, 0.29) is 0 Å². The standard InChI is InChI=1S/C20H23N3S/c1-15(22(2)3)13-14-19-21-20(24)17-11-7-8-12-18(17)23(19)16-9-5-4-6-10-16/h4-12,15H,13-14H2,1-3H3. The number of hydrogen-bond donors (Lipinski definition) is 0. The molecule has 3 rings (SSSR count). The molecule has 1 aromatic heterocycles. The second-order valence-electron chi connectivity index (χ2n) is 6.37. The smallest absolute Gasteiger partial charge is 0.137 e. The normalized spacial score (nSPS) is 12.7. The van der Waals surface area contributed by atoms with Gasteiger partial charge in [-0.1, -0.05) is 42.5 Å². The summed E-state index contributed by atoms with van der Waals surface area (Å²) >= 11 is 5.55. The molecule has 1 heterocycles. The first-order chi connectivity index (χ1) is 11.6. The summed E-state index contributed by atoms with van der Waals surface area (Å²) in [6, 6.07) is 19.1. The zero-order valence-electron chi connectivity index (χ0n) is 14.4. The fourth-order valence-electron chi connectivity index (χ4n) is 2.85. The Bertz CT molecular complexity index is 884. The highest BCUT2D eigenvalue weighted by Crippen LogP contribution is 2.22. The van der Waals surface area contributed by atoms with Gasteiger partial charge in [-0.15, -0.1) is 0 Å². The second kappa shape index (κ2) is 7.24. The average molecular weight is 337 g/mol. The quantitative estimate of drug-likeness (QED) is 0.633. The number of aryl methyl sites for hydroxylation is 1. The minimum Gasteiger partial charge on any atom is -0.307 e. The molecule has 0 fully saturated rings. The fourth-order valence-corrected chi connectivity index (χ4v) is 3.12. The monoisotopic (exact) mass is 337 g/mol. The van der Waals surface area contributed by atoms with Crippen molar-refractivity contribution in [3.63, 3.8) is 0 Å². The molecule has 4 heteroatoms. The van der Waals surface area contributed by atoms with Crippen LogP contribution in [0.3, 0.4) is 0 Å². The van der Waals surface area contributed by atoms with Crippen LogP contribution < -0.4 is 0 Å². The maximum atomic E-state index is 5.55. The zero-order valence-corrected chi connectivity index (χ0v) is 15.3. The molecule has 2 aromatic carbocycles. The third kappa shape index (κ3) is 3.40. The van der Waals surface area contributed by atoms with Crippen LogP contribution in [0.15, 0.2) is 54.6 Å². The van der Waals surface area contributed by atoms with Gasteiger partial charge < -0.3 is 4.90 Å². The van der Waals surface area contributed by atoms with Gasteiger partial charge in [-0.05, 0) is 51.7 Å². The van der Waals surface area contributed by atoms with Gasteiger partial charge in [0.2, 0.25) is 0 Å². The van der Waals surface area contributed by atoms with Gasteiger partial charge in [0, 0.05) is 23.5 Å². The number of nitrogens with zero attached hydrogens (tertiary/aromatic N) is 3. The molecule has 0 aliphatic carbocycles. The highest BCUT2D eigenvalue weighted by atomic mass is 32.1. The molecule has 0 bridgehead atoms. The zero-order chi connectivity index (χ0) is 17.1.